The number of aliphatic carboxylic acids is 1. The quantitative estimate of drug-likeness (QED) is 0.839. The minimum atomic E-state index is -0.799. The monoisotopic (exact) mass is 250 g/mol. The van der Waals surface area contributed by atoms with Crippen molar-refractivity contribution >= 4 is 11.8 Å². The van der Waals surface area contributed by atoms with Crippen molar-refractivity contribution in [2.75, 3.05) is 0 Å². The summed E-state index contributed by atoms with van der Waals surface area (Å²) in [6.45, 7) is 0. The van der Waals surface area contributed by atoms with Gasteiger partial charge in [-0.25, -0.2) is 4.39 Å². The first-order valence-corrected chi connectivity index (χ1v) is 6.11. The zero-order valence-corrected chi connectivity index (χ0v) is 9.93. The average Bonchev–Trinajstić information content (AvgIpc) is 2.38. The highest BCUT2D eigenvalue weighted by molar-refractivity contribution is 5.98. The smallest absolute Gasteiger partial charge is 0.306 e. The largest absolute Gasteiger partial charge is 0.481 e. The van der Waals surface area contributed by atoms with Crippen molar-refractivity contribution < 1.29 is 19.1 Å². The molecule has 0 heterocycles. The Hall–Kier alpha value is -1.71. The van der Waals surface area contributed by atoms with Crippen LogP contribution < -0.4 is 0 Å². The molecule has 18 heavy (non-hydrogen) atoms. The predicted molar refractivity (Wildman–Crippen MR) is 63.8 cm³/mol. The standard InChI is InChI=1S/C14H15FO3/c15-12-4-2-1-3-11(12)13(16)9-5-7-10(8-6-9)14(17)18/h1-4,9-10H,5-8H2,(H,17,18). The van der Waals surface area contributed by atoms with Gasteiger partial charge in [0.1, 0.15) is 5.82 Å². The maximum Gasteiger partial charge on any atom is 0.306 e. The molecular formula is C14H15FO3. The number of hydrogen-bond acceptors (Lipinski definition) is 2. The van der Waals surface area contributed by atoms with Crippen molar-refractivity contribution in [1.82, 2.24) is 0 Å². The molecule has 1 N–H and O–H groups in total. The van der Waals surface area contributed by atoms with E-state index in [0.717, 1.165) is 0 Å². The van der Waals surface area contributed by atoms with Crippen LogP contribution in [0.2, 0.25) is 0 Å². The van der Waals surface area contributed by atoms with Crippen LogP contribution in [0.4, 0.5) is 4.39 Å². The molecule has 1 aliphatic carbocycles. The Bertz CT molecular complexity index is 462. The third-order valence-corrected chi connectivity index (χ3v) is 3.59. The van der Waals surface area contributed by atoms with Crippen molar-refractivity contribution in [2.45, 2.75) is 25.7 Å². The van der Waals surface area contributed by atoms with Crippen LogP contribution in [0.3, 0.4) is 0 Å². The zero-order chi connectivity index (χ0) is 13.1. The van der Waals surface area contributed by atoms with Gasteiger partial charge in [-0.1, -0.05) is 12.1 Å². The number of rotatable bonds is 3. The molecule has 3 nitrogen and oxygen atoms in total. The fraction of sp³-hybridized carbons (Fsp3) is 0.429. The Labute approximate surface area is 105 Å². The van der Waals surface area contributed by atoms with Crippen LogP contribution in [0.25, 0.3) is 0 Å². The molecule has 1 saturated carbocycles. The normalized spacial score (nSPS) is 23.6. The molecule has 0 bridgehead atoms. The highest BCUT2D eigenvalue weighted by Gasteiger charge is 2.30. The van der Waals surface area contributed by atoms with Crippen LogP contribution >= 0.6 is 0 Å². The van der Waals surface area contributed by atoms with Gasteiger partial charge in [-0.2, -0.15) is 0 Å². The molecule has 0 amide bonds. The summed E-state index contributed by atoms with van der Waals surface area (Å²) in [5, 5.41) is 8.88. The van der Waals surface area contributed by atoms with Gasteiger partial charge in [0.25, 0.3) is 0 Å². The molecule has 0 unspecified atom stereocenters. The van der Waals surface area contributed by atoms with Crippen LogP contribution in [0.5, 0.6) is 0 Å². The van der Waals surface area contributed by atoms with Crippen LogP contribution in [-0.4, -0.2) is 16.9 Å². The number of halogens is 1. The molecular weight excluding hydrogens is 235 g/mol. The molecule has 1 aromatic rings. The topological polar surface area (TPSA) is 54.4 Å². The zero-order valence-electron chi connectivity index (χ0n) is 9.93. The highest BCUT2D eigenvalue weighted by atomic mass is 19.1. The summed E-state index contributed by atoms with van der Waals surface area (Å²) in [5.41, 5.74) is 0.122. The molecule has 0 radical (unpaired) electrons. The van der Waals surface area contributed by atoms with E-state index in [-0.39, 0.29) is 23.2 Å². The molecule has 1 aromatic carbocycles. The molecule has 2 rings (SSSR count). The molecule has 0 aromatic heterocycles. The average molecular weight is 250 g/mol. The second-order valence-corrected chi connectivity index (χ2v) is 4.73. The number of ketones is 1. The summed E-state index contributed by atoms with van der Waals surface area (Å²) >= 11 is 0. The van der Waals surface area contributed by atoms with Gasteiger partial charge in [-0.3, -0.25) is 9.59 Å². The van der Waals surface area contributed by atoms with E-state index in [1.807, 2.05) is 0 Å². The Morgan fingerprint density at radius 3 is 2.17 bits per heavy atom. The van der Waals surface area contributed by atoms with Gasteiger partial charge >= 0.3 is 5.97 Å². The summed E-state index contributed by atoms with van der Waals surface area (Å²) in [4.78, 5) is 22.9. The second-order valence-electron chi connectivity index (χ2n) is 4.73. The highest BCUT2D eigenvalue weighted by Crippen LogP contribution is 2.31. The van der Waals surface area contributed by atoms with Crippen molar-refractivity contribution in [3.05, 3.63) is 35.6 Å². The SMILES string of the molecule is O=C(O)C1CCC(C(=O)c2ccccc2F)CC1. The van der Waals surface area contributed by atoms with Crippen LogP contribution in [0, 0.1) is 17.7 Å². The fourth-order valence-electron chi connectivity index (χ4n) is 2.48. The molecule has 4 heteroatoms. The van der Waals surface area contributed by atoms with Crippen LogP contribution in [-0.2, 0) is 4.79 Å². The lowest BCUT2D eigenvalue weighted by molar-refractivity contribution is -0.143. The van der Waals surface area contributed by atoms with Gasteiger partial charge in [0.15, 0.2) is 5.78 Å². The Morgan fingerprint density at radius 2 is 1.61 bits per heavy atom. The van der Waals surface area contributed by atoms with Crippen LogP contribution in [0.1, 0.15) is 36.0 Å². The van der Waals surface area contributed by atoms with E-state index < -0.39 is 11.8 Å². The van der Waals surface area contributed by atoms with E-state index in [9.17, 15) is 14.0 Å². The minimum Gasteiger partial charge on any atom is -0.481 e. The van der Waals surface area contributed by atoms with Crippen LogP contribution in [0.15, 0.2) is 24.3 Å². The van der Waals surface area contributed by atoms with Crippen molar-refractivity contribution in [3.63, 3.8) is 0 Å². The number of carbonyl (C=O) groups excluding carboxylic acids is 1. The summed E-state index contributed by atoms with van der Waals surface area (Å²) < 4.78 is 13.5. The lowest BCUT2D eigenvalue weighted by atomic mass is 9.78. The summed E-state index contributed by atoms with van der Waals surface area (Å²) in [6, 6.07) is 5.95. The van der Waals surface area contributed by atoms with Gasteiger partial charge in [0.2, 0.25) is 0 Å². The van der Waals surface area contributed by atoms with E-state index in [4.69, 9.17) is 5.11 Å². The number of carbonyl (C=O) groups is 2. The van der Waals surface area contributed by atoms with Gasteiger partial charge in [-0.15, -0.1) is 0 Å². The van der Waals surface area contributed by atoms with E-state index >= 15 is 0 Å². The third kappa shape index (κ3) is 2.58. The maximum absolute atomic E-state index is 13.5. The summed E-state index contributed by atoms with van der Waals surface area (Å²) in [6.07, 6.45) is 2.06. The first-order valence-electron chi connectivity index (χ1n) is 6.11. The number of hydrogen-bond donors (Lipinski definition) is 1. The Balaban J connectivity index is 2.04. The van der Waals surface area contributed by atoms with Crippen molar-refractivity contribution in [3.8, 4) is 0 Å². The summed E-state index contributed by atoms with van der Waals surface area (Å²) in [7, 11) is 0. The lowest BCUT2D eigenvalue weighted by Gasteiger charge is -2.25. The summed E-state index contributed by atoms with van der Waals surface area (Å²) in [5.74, 6) is -2.08. The van der Waals surface area contributed by atoms with Gasteiger partial charge in [0, 0.05) is 5.92 Å². The Kier molecular flexibility index (Phi) is 3.75. The number of benzene rings is 1. The first-order chi connectivity index (χ1) is 8.59. The van der Waals surface area contributed by atoms with Gasteiger partial charge in [-0.05, 0) is 37.8 Å². The minimum absolute atomic E-state index is 0.122. The second kappa shape index (κ2) is 5.29. The van der Waals surface area contributed by atoms with E-state index in [1.165, 1.54) is 12.1 Å². The lowest BCUT2D eigenvalue weighted by Crippen LogP contribution is -2.26. The Morgan fingerprint density at radius 1 is 1.06 bits per heavy atom. The van der Waals surface area contributed by atoms with Gasteiger partial charge in [0.05, 0.1) is 11.5 Å². The number of Topliss-reactive ketones (excluding diaryl/α,β-unsaturated/α-hetero) is 1. The third-order valence-electron chi connectivity index (χ3n) is 3.59. The fourth-order valence-corrected chi connectivity index (χ4v) is 2.48. The maximum atomic E-state index is 13.5. The molecule has 1 fully saturated rings. The molecule has 96 valence electrons. The van der Waals surface area contributed by atoms with E-state index in [1.54, 1.807) is 12.1 Å². The molecule has 1 aliphatic rings. The van der Waals surface area contributed by atoms with E-state index in [0.29, 0.717) is 25.7 Å². The molecule has 0 spiro atoms. The van der Waals surface area contributed by atoms with Crippen molar-refractivity contribution in [1.29, 1.82) is 0 Å². The molecule has 0 saturated heterocycles. The molecule has 0 atom stereocenters. The predicted octanol–water partition coefficient (Wildman–Crippen LogP) is 2.90. The number of carboxylic acids is 1. The van der Waals surface area contributed by atoms with E-state index in [2.05, 4.69) is 0 Å². The first kappa shape index (κ1) is 12.7. The van der Waals surface area contributed by atoms with Gasteiger partial charge < -0.3 is 5.11 Å². The molecule has 0 aliphatic heterocycles. The number of carboxylic acid groups (broad SMARTS) is 1. The van der Waals surface area contributed by atoms with Crippen molar-refractivity contribution in [2.24, 2.45) is 11.8 Å².